The van der Waals surface area contributed by atoms with Crippen LogP contribution >= 0.6 is 0 Å². The average molecular weight is 244 g/mol. The molecule has 1 fully saturated rings. The maximum Gasteiger partial charge on any atom is 0.0785 e. The third kappa shape index (κ3) is 5.34. The number of piperidine rings is 1. The second-order valence-corrected chi connectivity index (χ2v) is 5.12. The van der Waals surface area contributed by atoms with Crippen molar-refractivity contribution in [3.63, 3.8) is 0 Å². The van der Waals surface area contributed by atoms with E-state index in [9.17, 15) is 5.11 Å². The topological polar surface area (TPSA) is 44.7 Å². The Hall–Kier alpha value is -0.160. The maximum atomic E-state index is 9.55. The molecule has 0 amide bonds. The minimum absolute atomic E-state index is 0.335. The molecule has 1 aliphatic heterocycles. The quantitative estimate of drug-likeness (QED) is 0.692. The summed E-state index contributed by atoms with van der Waals surface area (Å²) in [6.07, 6.45) is 1.66. The van der Waals surface area contributed by atoms with Gasteiger partial charge in [0.2, 0.25) is 0 Å². The SMILES string of the molecule is CCN1CCC(NCCC(O)COC)C(C)C1. The van der Waals surface area contributed by atoms with E-state index in [1.54, 1.807) is 7.11 Å². The lowest BCUT2D eigenvalue weighted by atomic mass is 9.94. The highest BCUT2D eigenvalue weighted by molar-refractivity contribution is 4.82. The summed E-state index contributed by atoms with van der Waals surface area (Å²) in [5, 5.41) is 13.1. The Labute approximate surface area is 105 Å². The first-order valence-corrected chi connectivity index (χ1v) is 6.80. The van der Waals surface area contributed by atoms with E-state index in [0.29, 0.717) is 18.6 Å². The van der Waals surface area contributed by atoms with E-state index in [4.69, 9.17) is 4.74 Å². The molecule has 17 heavy (non-hydrogen) atoms. The number of hydrogen-bond donors (Lipinski definition) is 2. The van der Waals surface area contributed by atoms with Crippen molar-refractivity contribution in [1.29, 1.82) is 0 Å². The third-order valence-electron chi connectivity index (χ3n) is 3.68. The van der Waals surface area contributed by atoms with Crippen LogP contribution < -0.4 is 5.32 Å². The lowest BCUT2D eigenvalue weighted by molar-refractivity contribution is 0.0574. The number of ether oxygens (including phenoxy) is 1. The normalized spacial score (nSPS) is 28.2. The van der Waals surface area contributed by atoms with Crippen molar-refractivity contribution < 1.29 is 9.84 Å². The first-order valence-electron chi connectivity index (χ1n) is 6.80. The molecule has 0 spiro atoms. The summed E-state index contributed by atoms with van der Waals surface area (Å²) in [5.74, 6) is 0.697. The molecule has 1 heterocycles. The van der Waals surface area contributed by atoms with Crippen LogP contribution in [-0.2, 0) is 4.74 Å². The molecule has 0 aliphatic carbocycles. The minimum atomic E-state index is -0.335. The van der Waals surface area contributed by atoms with Crippen molar-refractivity contribution in [2.45, 2.75) is 38.8 Å². The Morgan fingerprint density at radius 2 is 2.29 bits per heavy atom. The van der Waals surface area contributed by atoms with Crippen LogP contribution in [0.4, 0.5) is 0 Å². The van der Waals surface area contributed by atoms with Gasteiger partial charge in [-0.3, -0.25) is 0 Å². The molecule has 4 nitrogen and oxygen atoms in total. The van der Waals surface area contributed by atoms with Crippen LogP contribution in [0, 0.1) is 5.92 Å². The Balaban J connectivity index is 2.15. The molecular formula is C13H28N2O2. The molecule has 4 heteroatoms. The van der Waals surface area contributed by atoms with Crippen molar-refractivity contribution in [2.24, 2.45) is 5.92 Å². The molecule has 0 saturated carbocycles. The Morgan fingerprint density at radius 3 is 2.88 bits per heavy atom. The van der Waals surface area contributed by atoms with Crippen molar-refractivity contribution >= 4 is 0 Å². The summed E-state index contributed by atoms with van der Waals surface area (Å²) in [6.45, 7) is 9.39. The van der Waals surface area contributed by atoms with Gasteiger partial charge in [0.1, 0.15) is 0 Å². The van der Waals surface area contributed by atoms with Crippen LogP contribution in [0.2, 0.25) is 0 Å². The van der Waals surface area contributed by atoms with E-state index in [0.717, 1.165) is 19.5 Å². The van der Waals surface area contributed by atoms with Crippen LogP contribution in [0.1, 0.15) is 26.7 Å². The molecule has 0 bridgehead atoms. The molecule has 1 aliphatic rings. The van der Waals surface area contributed by atoms with Crippen molar-refractivity contribution in [3.05, 3.63) is 0 Å². The lowest BCUT2D eigenvalue weighted by Gasteiger charge is -2.37. The van der Waals surface area contributed by atoms with Gasteiger partial charge in [-0.05, 0) is 38.4 Å². The third-order valence-corrected chi connectivity index (χ3v) is 3.68. The van der Waals surface area contributed by atoms with Gasteiger partial charge >= 0.3 is 0 Å². The monoisotopic (exact) mass is 244 g/mol. The zero-order valence-electron chi connectivity index (χ0n) is 11.5. The van der Waals surface area contributed by atoms with Crippen LogP contribution in [-0.4, -0.2) is 62.0 Å². The number of nitrogens with one attached hydrogen (secondary N) is 1. The average Bonchev–Trinajstić information content (AvgIpc) is 2.31. The summed E-state index contributed by atoms with van der Waals surface area (Å²) in [7, 11) is 1.62. The minimum Gasteiger partial charge on any atom is -0.391 e. The number of methoxy groups -OCH3 is 1. The number of nitrogens with zero attached hydrogens (tertiary/aromatic N) is 1. The van der Waals surface area contributed by atoms with Gasteiger partial charge in [-0.2, -0.15) is 0 Å². The van der Waals surface area contributed by atoms with E-state index in [2.05, 4.69) is 24.1 Å². The van der Waals surface area contributed by atoms with Gasteiger partial charge < -0.3 is 20.1 Å². The molecule has 0 aromatic heterocycles. The molecule has 0 aromatic carbocycles. The molecule has 2 N–H and O–H groups in total. The number of hydrogen-bond acceptors (Lipinski definition) is 4. The first-order chi connectivity index (χ1) is 8.17. The van der Waals surface area contributed by atoms with E-state index in [-0.39, 0.29) is 6.10 Å². The van der Waals surface area contributed by atoms with Crippen molar-refractivity contribution in [3.8, 4) is 0 Å². The standard InChI is InChI=1S/C13H28N2O2/c1-4-15-8-6-13(11(2)9-15)14-7-5-12(16)10-17-3/h11-14,16H,4-10H2,1-3H3. The molecule has 1 saturated heterocycles. The molecule has 3 unspecified atom stereocenters. The fraction of sp³-hybridized carbons (Fsp3) is 1.00. The summed E-state index contributed by atoms with van der Waals surface area (Å²) in [4.78, 5) is 2.50. The van der Waals surface area contributed by atoms with Gasteiger partial charge in [-0.25, -0.2) is 0 Å². The van der Waals surface area contributed by atoms with Crippen LogP contribution in [0.25, 0.3) is 0 Å². The fourth-order valence-electron chi connectivity index (χ4n) is 2.53. The molecule has 1 rings (SSSR count). The van der Waals surface area contributed by atoms with E-state index in [1.807, 2.05) is 0 Å². The second kappa shape index (κ2) is 8.03. The van der Waals surface area contributed by atoms with E-state index >= 15 is 0 Å². The van der Waals surface area contributed by atoms with Gasteiger partial charge in [0.15, 0.2) is 0 Å². The van der Waals surface area contributed by atoms with Gasteiger partial charge in [0.25, 0.3) is 0 Å². The summed E-state index contributed by atoms with van der Waals surface area (Å²) in [5.41, 5.74) is 0. The first kappa shape index (κ1) is 14.9. The van der Waals surface area contributed by atoms with Crippen LogP contribution in [0.15, 0.2) is 0 Å². The predicted molar refractivity (Wildman–Crippen MR) is 70.2 cm³/mol. The molecule has 0 radical (unpaired) electrons. The number of aliphatic hydroxyl groups excluding tert-OH is 1. The molecule has 3 atom stereocenters. The highest BCUT2D eigenvalue weighted by Gasteiger charge is 2.24. The number of aliphatic hydroxyl groups is 1. The molecular weight excluding hydrogens is 216 g/mol. The van der Waals surface area contributed by atoms with Gasteiger partial charge in [0, 0.05) is 19.7 Å². The predicted octanol–water partition coefficient (Wildman–Crippen LogP) is 0.704. The fourth-order valence-corrected chi connectivity index (χ4v) is 2.53. The smallest absolute Gasteiger partial charge is 0.0785 e. The lowest BCUT2D eigenvalue weighted by Crippen LogP contribution is -2.48. The van der Waals surface area contributed by atoms with Crippen molar-refractivity contribution in [2.75, 3.05) is 39.9 Å². The highest BCUT2D eigenvalue weighted by atomic mass is 16.5. The van der Waals surface area contributed by atoms with Crippen molar-refractivity contribution in [1.82, 2.24) is 10.2 Å². The van der Waals surface area contributed by atoms with Gasteiger partial charge in [-0.15, -0.1) is 0 Å². The number of likely N-dealkylation sites (tertiary alicyclic amines) is 1. The molecule has 0 aromatic rings. The van der Waals surface area contributed by atoms with E-state index < -0.39 is 0 Å². The summed E-state index contributed by atoms with van der Waals surface area (Å²) in [6, 6.07) is 0.604. The van der Waals surface area contributed by atoms with Gasteiger partial charge in [-0.1, -0.05) is 13.8 Å². The highest BCUT2D eigenvalue weighted by Crippen LogP contribution is 2.16. The zero-order chi connectivity index (χ0) is 12.7. The Bertz CT molecular complexity index is 202. The second-order valence-electron chi connectivity index (χ2n) is 5.12. The summed E-state index contributed by atoms with van der Waals surface area (Å²) >= 11 is 0. The Kier molecular flexibility index (Phi) is 7.04. The maximum absolute atomic E-state index is 9.55. The zero-order valence-corrected chi connectivity index (χ0v) is 11.5. The van der Waals surface area contributed by atoms with Crippen LogP contribution in [0.5, 0.6) is 0 Å². The Morgan fingerprint density at radius 1 is 1.53 bits per heavy atom. The summed E-state index contributed by atoms with van der Waals surface area (Å²) < 4.78 is 4.91. The van der Waals surface area contributed by atoms with Crippen LogP contribution in [0.3, 0.4) is 0 Å². The largest absolute Gasteiger partial charge is 0.391 e. The van der Waals surface area contributed by atoms with Gasteiger partial charge in [0.05, 0.1) is 12.7 Å². The van der Waals surface area contributed by atoms with E-state index in [1.165, 1.54) is 19.5 Å². The molecule has 102 valence electrons. The number of rotatable bonds is 7.